The molecule has 1 aliphatic heterocycles. The molecule has 0 spiro atoms. The van der Waals surface area contributed by atoms with Crippen LogP contribution in [0, 0.1) is 0 Å². The van der Waals surface area contributed by atoms with Crippen molar-refractivity contribution in [1.82, 2.24) is 5.32 Å². The van der Waals surface area contributed by atoms with E-state index in [9.17, 15) is 14.7 Å². The highest BCUT2D eigenvalue weighted by Gasteiger charge is 2.40. The molecule has 0 radical (unpaired) electrons. The number of amides is 1. The molecule has 7 nitrogen and oxygen atoms in total. The van der Waals surface area contributed by atoms with Crippen LogP contribution in [0.4, 0.5) is 0 Å². The fourth-order valence-corrected chi connectivity index (χ4v) is 2.29. The third-order valence-electron chi connectivity index (χ3n) is 3.26. The van der Waals surface area contributed by atoms with Crippen molar-refractivity contribution in [2.24, 2.45) is 0 Å². The van der Waals surface area contributed by atoms with Crippen LogP contribution in [0.25, 0.3) is 0 Å². The second-order valence-electron chi connectivity index (χ2n) is 5.77. The smallest absolute Gasteiger partial charge is 0.306 e. The van der Waals surface area contributed by atoms with Crippen molar-refractivity contribution in [1.29, 1.82) is 0 Å². The maximum Gasteiger partial charge on any atom is 0.306 e. The molecule has 4 atom stereocenters. The summed E-state index contributed by atoms with van der Waals surface area (Å²) in [6.07, 6.45) is -0.880. The average molecular weight is 317 g/mol. The van der Waals surface area contributed by atoms with Gasteiger partial charge in [-0.1, -0.05) is 6.92 Å². The minimum absolute atomic E-state index is 0.0369. The van der Waals surface area contributed by atoms with Gasteiger partial charge >= 0.3 is 5.97 Å². The summed E-state index contributed by atoms with van der Waals surface area (Å²) >= 11 is 0. The number of aliphatic hydroxyl groups is 1. The van der Waals surface area contributed by atoms with Crippen LogP contribution in [-0.4, -0.2) is 54.2 Å². The zero-order valence-corrected chi connectivity index (χ0v) is 13.7. The van der Waals surface area contributed by atoms with Crippen molar-refractivity contribution >= 4 is 11.9 Å². The zero-order chi connectivity index (χ0) is 16.7. The highest BCUT2D eigenvalue weighted by molar-refractivity contribution is 5.73. The summed E-state index contributed by atoms with van der Waals surface area (Å²) in [6, 6.07) is -0.770. The quantitative estimate of drug-likeness (QED) is 0.673. The maximum absolute atomic E-state index is 11.7. The first-order valence-electron chi connectivity index (χ1n) is 7.75. The molecule has 128 valence electrons. The summed E-state index contributed by atoms with van der Waals surface area (Å²) in [4.78, 5) is 23.0. The van der Waals surface area contributed by atoms with Crippen LogP contribution in [0.1, 0.15) is 47.0 Å². The number of ether oxygens (including phenoxy) is 3. The number of hydrogen-bond donors (Lipinski definition) is 2. The van der Waals surface area contributed by atoms with E-state index in [1.165, 1.54) is 6.92 Å². The highest BCUT2D eigenvalue weighted by Crippen LogP contribution is 2.23. The first-order valence-corrected chi connectivity index (χ1v) is 7.75. The molecular weight excluding hydrogens is 290 g/mol. The zero-order valence-electron chi connectivity index (χ0n) is 13.7. The number of esters is 1. The molecule has 2 unspecified atom stereocenters. The van der Waals surface area contributed by atoms with Gasteiger partial charge in [0.05, 0.1) is 18.8 Å². The Bertz CT molecular complexity index is 373. The Kier molecular flexibility index (Phi) is 7.78. The highest BCUT2D eigenvalue weighted by atomic mass is 16.6. The van der Waals surface area contributed by atoms with Crippen LogP contribution in [0.5, 0.6) is 0 Å². The summed E-state index contributed by atoms with van der Waals surface area (Å²) in [7, 11) is 0. The van der Waals surface area contributed by atoms with Crippen molar-refractivity contribution < 1.29 is 28.9 Å². The predicted octanol–water partition coefficient (Wildman–Crippen LogP) is 0.735. The Balaban J connectivity index is 2.71. The Morgan fingerprint density at radius 3 is 2.64 bits per heavy atom. The number of nitrogens with one attached hydrogen (secondary N) is 1. The SMILES string of the molecule is CCCC(=O)O[C@H]1CC(COC(C)C)O[C@@H](O)C1NC(C)=O. The molecule has 1 amide bonds. The van der Waals surface area contributed by atoms with Crippen molar-refractivity contribution in [3.05, 3.63) is 0 Å². The van der Waals surface area contributed by atoms with Crippen molar-refractivity contribution in [2.45, 2.75) is 77.6 Å². The molecule has 1 fully saturated rings. The monoisotopic (exact) mass is 317 g/mol. The summed E-state index contributed by atoms with van der Waals surface area (Å²) in [5.41, 5.74) is 0. The van der Waals surface area contributed by atoms with Crippen LogP contribution < -0.4 is 5.32 Å². The number of hydrogen-bond acceptors (Lipinski definition) is 6. The molecule has 22 heavy (non-hydrogen) atoms. The van der Waals surface area contributed by atoms with E-state index in [2.05, 4.69) is 5.32 Å². The van der Waals surface area contributed by atoms with E-state index < -0.39 is 18.4 Å². The summed E-state index contributed by atoms with van der Waals surface area (Å²) in [5.74, 6) is -0.665. The van der Waals surface area contributed by atoms with Gasteiger partial charge in [-0.3, -0.25) is 9.59 Å². The van der Waals surface area contributed by atoms with Gasteiger partial charge in [-0.15, -0.1) is 0 Å². The summed E-state index contributed by atoms with van der Waals surface area (Å²) in [5, 5.41) is 12.7. The summed E-state index contributed by atoms with van der Waals surface area (Å²) < 4.78 is 16.3. The van der Waals surface area contributed by atoms with E-state index in [0.29, 0.717) is 25.9 Å². The Labute approximate surface area is 131 Å². The van der Waals surface area contributed by atoms with Gasteiger partial charge < -0.3 is 24.6 Å². The second-order valence-corrected chi connectivity index (χ2v) is 5.77. The first-order chi connectivity index (χ1) is 10.3. The Hall–Kier alpha value is -1.18. The van der Waals surface area contributed by atoms with Crippen molar-refractivity contribution in [3.8, 4) is 0 Å². The Morgan fingerprint density at radius 1 is 1.41 bits per heavy atom. The van der Waals surface area contributed by atoms with Crippen LogP contribution in [-0.2, 0) is 23.8 Å². The van der Waals surface area contributed by atoms with Gasteiger partial charge in [0.25, 0.3) is 0 Å². The van der Waals surface area contributed by atoms with E-state index in [-0.39, 0.29) is 24.1 Å². The fraction of sp³-hybridized carbons (Fsp3) is 0.867. The lowest BCUT2D eigenvalue weighted by atomic mass is 9.99. The molecule has 1 heterocycles. The first kappa shape index (κ1) is 18.9. The number of carbonyl (C=O) groups excluding carboxylic acids is 2. The van der Waals surface area contributed by atoms with Crippen LogP contribution in [0.2, 0.25) is 0 Å². The molecule has 2 N–H and O–H groups in total. The van der Waals surface area contributed by atoms with Gasteiger partial charge in [-0.05, 0) is 20.3 Å². The third kappa shape index (κ3) is 6.29. The summed E-state index contributed by atoms with van der Waals surface area (Å²) in [6.45, 7) is 7.32. The predicted molar refractivity (Wildman–Crippen MR) is 79.0 cm³/mol. The van der Waals surface area contributed by atoms with Crippen LogP contribution in [0.3, 0.4) is 0 Å². The van der Waals surface area contributed by atoms with Crippen molar-refractivity contribution in [2.75, 3.05) is 6.61 Å². The van der Waals surface area contributed by atoms with Crippen molar-refractivity contribution in [3.63, 3.8) is 0 Å². The largest absolute Gasteiger partial charge is 0.460 e. The van der Waals surface area contributed by atoms with E-state index in [1.807, 2.05) is 20.8 Å². The van der Waals surface area contributed by atoms with Gasteiger partial charge in [0.1, 0.15) is 12.1 Å². The second kappa shape index (κ2) is 9.07. The lowest BCUT2D eigenvalue weighted by Gasteiger charge is -2.39. The number of rotatable bonds is 7. The fourth-order valence-electron chi connectivity index (χ4n) is 2.29. The maximum atomic E-state index is 11.7. The van der Waals surface area contributed by atoms with Gasteiger partial charge in [0.2, 0.25) is 5.91 Å². The average Bonchev–Trinajstić information content (AvgIpc) is 2.40. The van der Waals surface area contributed by atoms with E-state index in [0.717, 1.165) is 0 Å². The topological polar surface area (TPSA) is 94.1 Å². The molecule has 0 saturated carbocycles. The van der Waals surface area contributed by atoms with Gasteiger partial charge in [0, 0.05) is 19.8 Å². The van der Waals surface area contributed by atoms with E-state index >= 15 is 0 Å². The molecule has 0 bridgehead atoms. The normalized spacial score (nSPS) is 28.5. The Morgan fingerprint density at radius 2 is 2.09 bits per heavy atom. The standard InChI is InChI=1S/C15H27NO6/c1-5-6-13(18)22-12-7-11(8-20-9(2)3)21-15(19)14(12)16-10(4)17/h9,11-12,14-15,19H,5-8H2,1-4H3,(H,16,17)/t11?,12-,14?,15+/m0/s1. The molecule has 0 aliphatic carbocycles. The lowest BCUT2D eigenvalue weighted by Crippen LogP contribution is -2.58. The lowest BCUT2D eigenvalue weighted by molar-refractivity contribution is -0.226. The van der Waals surface area contributed by atoms with Gasteiger partial charge in [-0.2, -0.15) is 0 Å². The van der Waals surface area contributed by atoms with Gasteiger partial charge in [0.15, 0.2) is 6.29 Å². The molecule has 7 heteroatoms. The third-order valence-corrected chi connectivity index (χ3v) is 3.26. The molecule has 0 aromatic heterocycles. The molecule has 1 rings (SSSR count). The number of aliphatic hydroxyl groups excluding tert-OH is 1. The van der Waals surface area contributed by atoms with Crippen LogP contribution in [0.15, 0.2) is 0 Å². The number of carbonyl (C=O) groups is 2. The minimum Gasteiger partial charge on any atom is -0.460 e. The molecule has 0 aromatic rings. The molecular formula is C15H27NO6. The minimum atomic E-state index is -1.24. The molecule has 0 aromatic carbocycles. The van der Waals surface area contributed by atoms with Crippen LogP contribution >= 0.6 is 0 Å². The molecule has 1 aliphatic rings. The van der Waals surface area contributed by atoms with Gasteiger partial charge in [-0.25, -0.2) is 0 Å². The van der Waals surface area contributed by atoms with E-state index in [4.69, 9.17) is 14.2 Å². The van der Waals surface area contributed by atoms with E-state index in [1.54, 1.807) is 0 Å². The molecule has 1 saturated heterocycles.